The quantitative estimate of drug-likeness (QED) is 0.507. The summed E-state index contributed by atoms with van der Waals surface area (Å²) in [4.78, 5) is 3.76. The van der Waals surface area contributed by atoms with Crippen molar-refractivity contribution in [3.05, 3.63) is 54.1 Å². The van der Waals surface area contributed by atoms with Crippen molar-refractivity contribution in [2.75, 3.05) is 50.9 Å². The van der Waals surface area contributed by atoms with Crippen LogP contribution in [-0.4, -0.2) is 78.7 Å². The third-order valence-corrected chi connectivity index (χ3v) is 10.7. The molecule has 0 aliphatic carbocycles. The van der Waals surface area contributed by atoms with Crippen LogP contribution in [0.1, 0.15) is 5.56 Å². The molecule has 8 nitrogen and oxygen atoms in total. The Bertz CT molecular complexity index is 1070. The first-order valence-electron chi connectivity index (χ1n) is 10.9. The van der Waals surface area contributed by atoms with Crippen molar-refractivity contribution < 1.29 is 21.6 Å². The molecule has 33 heavy (non-hydrogen) atoms. The SMILES string of the molecule is C1CN2CCOCC2CN1.O=S1(=O)CCS(=O)(=O)c2ccccc21.c1ccc2c(c1)CNS2. The van der Waals surface area contributed by atoms with E-state index in [-0.39, 0.29) is 21.3 Å². The fourth-order valence-corrected chi connectivity index (χ4v) is 9.09. The molecular weight excluding hydrogens is 482 g/mol. The molecule has 2 fully saturated rings. The Labute approximate surface area is 200 Å². The van der Waals surface area contributed by atoms with Crippen LogP contribution in [0.4, 0.5) is 0 Å². The molecule has 0 spiro atoms. The van der Waals surface area contributed by atoms with Gasteiger partial charge in [-0.1, -0.05) is 30.3 Å². The lowest BCUT2D eigenvalue weighted by molar-refractivity contribution is -0.0168. The number of nitrogens with one attached hydrogen (secondary N) is 2. The van der Waals surface area contributed by atoms with Gasteiger partial charge in [-0.3, -0.25) is 9.62 Å². The number of nitrogens with zero attached hydrogens (tertiary/aromatic N) is 1. The highest BCUT2D eigenvalue weighted by atomic mass is 32.2. The molecule has 2 saturated heterocycles. The summed E-state index contributed by atoms with van der Waals surface area (Å²) in [6.07, 6.45) is 0. The van der Waals surface area contributed by atoms with E-state index in [1.807, 2.05) is 0 Å². The number of hydrogen-bond donors (Lipinski definition) is 2. The molecule has 2 N–H and O–H groups in total. The number of hydrogen-bond acceptors (Lipinski definition) is 9. The molecule has 1 unspecified atom stereocenters. The number of sulfone groups is 2. The lowest BCUT2D eigenvalue weighted by Crippen LogP contribution is -2.56. The number of morpholine rings is 1. The van der Waals surface area contributed by atoms with Crippen molar-refractivity contribution in [1.82, 2.24) is 14.9 Å². The molecule has 11 heteroatoms. The van der Waals surface area contributed by atoms with Gasteiger partial charge >= 0.3 is 0 Å². The molecule has 0 saturated carbocycles. The van der Waals surface area contributed by atoms with E-state index in [2.05, 4.69) is 39.2 Å². The van der Waals surface area contributed by atoms with Crippen LogP contribution in [0.25, 0.3) is 0 Å². The van der Waals surface area contributed by atoms with E-state index in [0.717, 1.165) is 39.4 Å². The fourth-order valence-electron chi connectivity index (χ4n) is 4.01. The maximum atomic E-state index is 11.5. The molecule has 2 aromatic carbocycles. The van der Waals surface area contributed by atoms with Gasteiger partial charge in [0.05, 0.1) is 34.5 Å². The molecule has 0 radical (unpaired) electrons. The van der Waals surface area contributed by atoms with E-state index >= 15 is 0 Å². The molecule has 0 bridgehead atoms. The van der Waals surface area contributed by atoms with Gasteiger partial charge in [0.1, 0.15) is 0 Å². The smallest absolute Gasteiger partial charge is 0.180 e. The van der Waals surface area contributed by atoms with Crippen LogP contribution in [-0.2, 0) is 31.0 Å². The predicted molar refractivity (Wildman–Crippen MR) is 129 cm³/mol. The summed E-state index contributed by atoms with van der Waals surface area (Å²) in [5.74, 6) is -0.626. The minimum Gasteiger partial charge on any atom is -0.378 e. The maximum Gasteiger partial charge on any atom is 0.180 e. The summed E-state index contributed by atoms with van der Waals surface area (Å²) in [6, 6.07) is 14.8. The number of benzene rings is 2. The van der Waals surface area contributed by atoms with E-state index in [1.54, 1.807) is 11.9 Å². The van der Waals surface area contributed by atoms with Crippen molar-refractivity contribution >= 4 is 31.6 Å². The molecule has 6 rings (SSSR count). The Morgan fingerprint density at radius 1 is 0.909 bits per heavy atom. The van der Waals surface area contributed by atoms with Crippen molar-refractivity contribution in [3.8, 4) is 0 Å². The highest BCUT2D eigenvalue weighted by Crippen LogP contribution is 2.27. The monoisotopic (exact) mass is 511 g/mol. The van der Waals surface area contributed by atoms with Crippen molar-refractivity contribution in [1.29, 1.82) is 0 Å². The number of rotatable bonds is 0. The van der Waals surface area contributed by atoms with Gasteiger partial charge < -0.3 is 10.1 Å². The third-order valence-electron chi connectivity index (χ3n) is 5.86. The van der Waals surface area contributed by atoms with Crippen LogP contribution < -0.4 is 10.0 Å². The lowest BCUT2D eigenvalue weighted by atomic mass is 10.2. The van der Waals surface area contributed by atoms with Gasteiger partial charge in [-0.15, -0.1) is 0 Å². The Kier molecular flexibility index (Phi) is 8.11. The number of ether oxygens (including phenoxy) is 1. The van der Waals surface area contributed by atoms with Gasteiger partial charge in [0.2, 0.25) is 0 Å². The maximum absolute atomic E-state index is 11.5. The second kappa shape index (κ2) is 10.9. The van der Waals surface area contributed by atoms with Crippen molar-refractivity contribution in [2.24, 2.45) is 0 Å². The summed E-state index contributed by atoms with van der Waals surface area (Å²) in [7, 11) is -6.78. The fraction of sp³-hybridized carbons (Fsp3) is 0.455. The molecule has 0 amide bonds. The predicted octanol–water partition coefficient (Wildman–Crippen LogP) is 1.33. The molecule has 2 aromatic rings. The number of fused-ring (bicyclic) bond motifs is 3. The van der Waals surface area contributed by atoms with Crippen LogP contribution in [0.5, 0.6) is 0 Å². The Morgan fingerprint density at radius 3 is 2.24 bits per heavy atom. The number of piperazine rings is 1. The van der Waals surface area contributed by atoms with Crippen molar-refractivity contribution in [2.45, 2.75) is 27.3 Å². The minimum absolute atomic E-state index is 0.0637. The van der Waals surface area contributed by atoms with Crippen LogP contribution in [0, 0.1) is 0 Å². The zero-order valence-electron chi connectivity index (χ0n) is 18.3. The van der Waals surface area contributed by atoms with E-state index in [1.165, 1.54) is 41.3 Å². The van der Waals surface area contributed by atoms with E-state index in [4.69, 9.17) is 4.74 Å². The molecule has 0 aromatic heterocycles. The van der Waals surface area contributed by atoms with Crippen LogP contribution in [0.15, 0.2) is 63.2 Å². The van der Waals surface area contributed by atoms with Crippen LogP contribution in [0.2, 0.25) is 0 Å². The van der Waals surface area contributed by atoms with Crippen molar-refractivity contribution in [3.63, 3.8) is 0 Å². The summed E-state index contributed by atoms with van der Waals surface area (Å²) >= 11 is 1.72. The zero-order chi connectivity index (χ0) is 23.3. The van der Waals surface area contributed by atoms with Crippen LogP contribution in [0.3, 0.4) is 0 Å². The summed E-state index contributed by atoms with van der Waals surface area (Å²) in [5.41, 5.74) is 1.42. The molecule has 4 aliphatic rings. The molecule has 1 atom stereocenters. The highest BCUT2D eigenvalue weighted by Gasteiger charge is 2.32. The van der Waals surface area contributed by atoms with Gasteiger partial charge in [-0.25, -0.2) is 16.8 Å². The molecular formula is C22H29N3O5S3. The van der Waals surface area contributed by atoms with Gasteiger partial charge in [0.15, 0.2) is 19.7 Å². The first-order chi connectivity index (χ1) is 15.9. The second-order valence-corrected chi connectivity index (χ2v) is 13.2. The first kappa shape index (κ1) is 24.6. The van der Waals surface area contributed by atoms with E-state index < -0.39 is 19.7 Å². The summed E-state index contributed by atoms with van der Waals surface area (Å²) in [6.45, 7) is 7.46. The third kappa shape index (κ3) is 6.16. The van der Waals surface area contributed by atoms with Gasteiger partial charge in [-0.2, -0.15) is 0 Å². The van der Waals surface area contributed by atoms with E-state index in [0.29, 0.717) is 6.04 Å². The minimum atomic E-state index is -3.39. The first-order valence-corrected chi connectivity index (χ1v) is 15.0. The standard InChI is InChI=1S/C8H8O4S2.C7H14N2O.C7H7NS/c9-13(10)5-6-14(11,12)8-4-2-1-3-7(8)13;1-2-9-3-4-10-6-7(9)5-8-1;1-2-4-7-6(3-1)5-8-9-7/h1-4H,5-6H2;7-8H,1-6H2;1-4,8H,5H2. The average molecular weight is 512 g/mol. The Hall–Kier alpha value is -1.47. The Morgan fingerprint density at radius 2 is 1.58 bits per heavy atom. The van der Waals surface area contributed by atoms with E-state index in [9.17, 15) is 16.8 Å². The average Bonchev–Trinajstić information content (AvgIpc) is 3.32. The lowest BCUT2D eigenvalue weighted by Gasteiger charge is -2.39. The zero-order valence-corrected chi connectivity index (χ0v) is 20.7. The molecule has 180 valence electrons. The van der Waals surface area contributed by atoms with Gasteiger partial charge in [0, 0.05) is 43.7 Å². The summed E-state index contributed by atoms with van der Waals surface area (Å²) in [5, 5.41) is 3.36. The molecule has 4 heterocycles. The normalized spacial score (nSPS) is 24.5. The van der Waals surface area contributed by atoms with Crippen LogP contribution >= 0.6 is 11.9 Å². The highest BCUT2D eigenvalue weighted by molar-refractivity contribution is 7.98. The second-order valence-electron chi connectivity index (χ2n) is 8.08. The largest absolute Gasteiger partial charge is 0.378 e. The Balaban J connectivity index is 0.000000121. The molecule has 4 aliphatic heterocycles. The summed E-state index contributed by atoms with van der Waals surface area (Å²) < 4.78 is 54.5. The van der Waals surface area contributed by atoms with Gasteiger partial charge in [-0.05, 0) is 35.7 Å². The topological polar surface area (TPSA) is 105 Å². The van der Waals surface area contributed by atoms with Gasteiger partial charge in [0.25, 0.3) is 0 Å².